The SMILES string of the molecule is O=C(Nc1ccc(Cl)cc1)Nc1cccc(NC(=O)N2CCCC2)c1. The Bertz CT molecular complexity index is 758. The third-order valence-corrected chi connectivity index (χ3v) is 4.12. The minimum Gasteiger partial charge on any atom is -0.325 e. The second kappa shape index (κ2) is 7.90. The molecule has 7 heteroatoms. The molecule has 0 atom stereocenters. The number of hydrogen-bond acceptors (Lipinski definition) is 2. The number of rotatable bonds is 3. The van der Waals surface area contributed by atoms with Gasteiger partial charge in [-0.2, -0.15) is 0 Å². The number of halogens is 1. The van der Waals surface area contributed by atoms with Gasteiger partial charge in [-0.15, -0.1) is 0 Å². The van der Waals surface area contributed by atoms with Crippen molar-refractivity contribution in [3.8, 4) is 0 Å². The molecule has 25 heavy (non-hydrogen) atoms. The summed E-state index contributed by atoms with van der Waals surface area (Å²) in [6, 6.07) is 13.4. The van der Waals surface area contributed by atoms with E-state index in [0.717, 1.165) is 25.9 Å². The highest BCUT2D eigenvalue weighted by molar-refractivity contribution is 6.30. The molecule has 0 aliphatic carbocycles. The molecule has 0 unspecified atom stereocenters. The topological polar surface area (TPSA) is 73.5 Å². The van der Waals surface area contributed by atoms with E-state index in [9.17, 15) is 9.59 Å². The Morgan fingerprint density at radius 1 is 0.840 bits per heavy atom. The van der Waals surface area contributed by atoms with Crippen LogP contribution in [0, 0.1) is 0 Å². The predicted molar refractivity (Wildman–Crippen MR) is 100 cm³/mol. The van der Waals surface area contributed by atoms with Gasteiger partial charge < -0.3 is 20.9 Å². The Kier molecular flexibility index (Phi) is 5.40. The highest BCUT2D eigenvalue weighted by atomic mass is 35.5. The number of carbonyl (C=O) groups is 2. The minimum absolute atomic E-state index is 0.111. The summed E-state index contributed by atoms with van der Waals surface area (Å²) in [5, 5.41) is 8.92. The van der Waals surface area contributed by atoms with E-state index >= 15 is 0 Å². The van der Waals surface area contributed by atoms with Gasteiger partial charge in [0.1, 0.15) is 0 Å². The number of carbonyl (C=O) groups excluding carboxylic acids is 2. The van der Waals surface area contributed by atoms with Crippen molar-refractivity contribution in [2.45, 2.75) is 12.8 Å². The molecule has 3 rings (SSSR count). The fourth-order valence-electron chi connectivity index (χ4n) is 2.62. The zero-order valence-electron chi connectivity index (χ0n) is 13.6. The summed E-state index contributed by atoms with van der Waals surface area (Å²) in [4.78, 5) is 26.0. The maximum atomic E-state index is 12.1. The van der Waals surface area contributed by atoms with Crippen LogP contribution >= 0.6 is 11.6 Å². The molecule has 1 aliphatic rings. The van der Waals surface area contributed by atoms with Crippen LogP contribution in [0.3, 0.4) is 0 Å². The van der Waals surface area contributed by atoms with E-state index in [4.69, 9.17) is 11.6 Å². The second-order valence-corrected chi connectivity index (χ2v) is 6.23. The normalized spacial score (nSPS) is 13.4. The monoisotopic (exact) mass is 358 g/mol. The Labute approximate surface area is 151 Å². The zero-order chi connectivity index (χ0) is 17.6. The van der Waals surface area contributed by atoms with E-state index in [1.165, 1.54) is 0 Å². The molecule has 4 amide bonds. The van der Waals surface area contributed by atoms with Crippen molar-refractivity contribution >= 4 is 40.7 Å². The minimum atomic E-state index is -0.370. The van der Waals surface area contributed by atoms with Crippen molar-refractivity contribution in [2.24, 2.45) is 0 Å². The molecule has 130 valence electrons. The van der Waals surface area contributed by atoms with Crippen LogP contribution in [0.4, 0.5) is 26.7 Å². The highest BCUT2D eigenvalue weighted by Gasteiger charge is 2.17. The summed E-state index contributed by atoms with van der Waals surface area (Å²) in [6.45, 7) is 1.57. The number of amides is 4. The number of anilines is 3. The van der Waals surface area contributed by atoms with Gasteiger partial charge in [0.25, 0.3) is 0 Å². The smallest absolute Gasteiger partial charge is 0.323 e. The summed E-state index contributed by atoms with van der Waals surface area (Å²) in [5.41, 5.74) is 1.87. The van der Waals surface area contributed by atoms with Crippen molar-refractivity contribution in [1.82, 2.24) is 4.90 Å². The van der Waals surface area contributed by atoms with Gasteiger partial charge >= 0.3 is 12.1 Å². The fraction of sp³-hybridized carbons (Fsp3) is 0.222. The molecule has 0 radical (unpaired) electrons. The number of nitrogens with one attached hydrogen (secondary N) is 3. The van der Waals surface area contributed by atoms with Crippen LogP contribution in [0.5, 0.6) is 0 Å². The standard InChI is InChI=1S/C18H19ClN4O2/c19-13-6-8-14(9-7-13)20-17(24)21-15-4-3-5-16(12-15)22-18(25)23-10-1-2-11-23/h3-9,12H,1-2,10-11H2,(H,22,25)(H2,20,21,24). The third-order valence-electron chi connectivity index (χ3n) is 3.87. The summed E-state index contributed by atoms with van der Waals surface area (Å²) in [7, 11) is 0. The fourth-order valence-corrected chi connectivity index (χ4v) is 2.75. The van der Waals surface area contributed by atoms with Crippen LogP contribution in [-0.4, -0.2) is 30.1 Å². The van der Waals surface area contributed by atoms with Gasteiger partial charge in [0.15, 0.2) is 0 Å². The van der Waals surface area contributed by atoms with Crippen molar-refractivity contribution in [2.75, 3.05) is 29.0 Å². The van der Waals surface area contributed by atoms with Crippen LogP contribution in [0.15, 0.2) is 48.5 Å². The van der Waals surface area contributed by atoms with Gasteiger partial charge in [0, 0.05) is 35.2 Å². The molecule has 6 nitrogen and oxygen atoms in total. The number of benzene rings is 2. The molecule has 1 aliphatic heterocycles. The predicted octanol–water partition coefficient (Wildman–Crippen LogP) is 4.61. The third kappa shape index (κ3) is 4.87. The maximum Gasteiger partial charge on any atom is 0.323 e. The Morgan fingerprint density at radius 2 is 1.44 bits per heavy atom. The van der Waals surface area contributed by atoms with Crippen LogP contribution < -0.4 is 16.0 Å². The summed E-state index contributed by atoms with van der Waals surface area (Å²) in [6.07, 6.45) is 2.08. The van der Waals surface area contributed by atoms with Gasteiger partial charge in [-0.3, -0.25) is 0 Å². The molecule has 0 spiro atoms. The van der Waals surface area contributed by atoms with E-state index in [2.05, 4.69) is 16.0 Å². The first-order valence-electron chi connectivity index (χ1n) is 8.10. The molecule has 0 aromatic heterocycles. The summed E-state index contributed by atoms with van der Waals surface area (Å²) in [5.74, 6) is 0. The number of urea groups is 2. The first-order chi connectivity index (χ1) is 12.1. The second-order valence-electron chi connectivity index (χ2n) is 5.79. The molecule has 1 heterocycles. The molecule has 3 N–H and O–H groups in total. The highest BCUT2D eigenvalue weighted by Crippen LogP contribution is 2.18. The largest absolute Gasteiger partial charge is 0.325 e. The van der Waals surface area contributed by atoms with Crippen molar-refractivity contribution < 1.29 is 9.59 Å². The first-order valence-corrected chi connectivity index (χ1v) is 8.47. The van der Waals surface area contributed by atoms with Gasteiger partial charge in [0.2, 0.25) is 0 Å². The molecule has 0 bridgehead atoms. The number of likely N-dealkylation sites (tertiary alicyclic amines) is 1. The molecule has 1 saturated heterocycles. The number of hydrogen-bond donors (Lipinski definition) is 3. The molecular formula is C18H19ClN4O2. The number of nitrogens with zero attached hydrogens (tertiary/aromatic N) is 1. The van der Waals surface area contributed by atoms with Gasteiger partial charge in [-0.1, -0.05) is 17.7 Å². The van der Waals surface area contributed by atoms with Crippen molar-refractivity contribution in [1.29, 1.82) is 0 Å². The van der Waals surface area contributed by atoms with Gasteiger partial charge in [-0.05, 0) is 55.3 Å². The van der Waals surface area contributed by atoms with Crippen molar-refractivity contribution in [3.05, 3.63) is 53.6 Å². The first kappa shape index (κ1) is 17.1. The average Bonchev–Trinajstić information content (AvgIpc) is 3.12. The van der Waals surface area contributed by atoms with Gasteiger partial charge in [-0.25, -0.2) is 9.59 Å². The quantitative estimate of drug-likeness (QED) is 0.749. The van der Waals surface area contributed by atoms with E-state index in [-0.39, 0.29) is 12.1 Å². The maximum absolute atomic E-state index is 12.1. The lowest BCUT2D eigenvalue weighted by Gasteiger charge is -2.16. The van der Waals surface area contributed by atoms with E-state index < -0.39 is 0 Å². The lowest BCUT2D eigenvalue weighted by Crippen LogP contribution is -2.32. The molecule has 2 aromatic carbocycles. The van der Waals surface area contributed by atoms with Crippen LogP contribution in [0.1, 0.15) is 12.8 Å². The van der Waals surface area contributed by atoms with E-state index in [1.54, 1.807) is 53.4 Å². The van der Waals surface area contributed by atoms with Crippen LogP contribution in [0.2, 0.25) is 5.02 Å². The van der Waals surface area contributed by atoms with Crippen LogP contribution in [0.25, 0.3) is 0 Å². The van der Waals surface area contributed by atoms with E-state index in [1.807, 2.05) is 0 Å². The lowest BCUT2D eigenvalue weighted by molar-refractivity contribution is 0.222. The molecule has 1 fully saturated rings. The van der Waals surface area contributed by atoms with E-state index in [0.29, 0.717) is 22.1 Å². The Hall–Kier alpha value is -2.73. The summed E-state index contributed by atoms with van der Waals surface area (Å²) >= 11 is 5.82. The van der Waals surface area contributed by atoms with Gasteiger partial charge in [0.05, 0.1) is 0 Å². The van der Waals surface area contributed by atoms with Crippen molar-refractivity contribution in [3.63, 3.8) is 0 Å². The Balaban J connectivity index is 1.58. The van der Waals surface area contributed by atoms with Crippen LogP contribution in [-0.2, 0) is 0 Å². The Morgan fingerprint density at radius 3 is 2.12 bits per heavy atom. The zero-order valence-corrected chi connectivity index (χ0v) is 14.3. The average molecular weight is 359 g/mol. The molecular weight excluding hydrogens is 340 g/mol. The summed E-state index contributed by atoms with van der Waals surface area (Å²) < 4.78 is 0. The molecule has 0 saturated carbocycles. The lowest BCUT2D eigenvalue weighted by atomic mass is 10.3. The molecule has 2 aromatic rings.